The minimum Gasteiger partial charge on any atom is -0.451 e. The molecule has 166 valence electrons. The SMILES string of the molecule is Cc1ccc(-c2c(C(=O)OCC(=O)Nc3ccc(F)cc3)n(C)c(=O)c3ccccc23)cc1. The van der Waals surface area contributed by atoms with E-state index in [0.29, 0.717) is 22.0 Å². The minimum atomic E-state index is -0.801. The van der Waals surface area contributed by atoms with Crippen LogP contribution in [0, 0.1) is 12.7 Å². The van der Waals surface area contributed by atoms with Gasteiger partial charge in [0.25, 0.3) is 11.5 Å². The van der Waals surface area contributed by atoms with Crippen LogP contribution in [0.3, 0.4) is 0 Å². The van der Waals surface area contributed by atoms with Crippen molar-refractivity contribution in [1.82, 2.24) is 4.57 Å². The minimum absolute atomic E-state index is 0.0529. The molecule has 0 bridgehead atoms. The first-order chi connectivity index (χ1) is 15.8. The van der Waals surface area contributed by atoms with Crippen molar-refractivity contribution in [2.24, 2.45) is 7.05 Å². The van der Waals surface area contributed by atoms with Crippen molar-refractivity contribution in [1.29, 1.82) is 0 Å². The van der Waals surface area contributed by atoms with E-state index in [0.717, 1.165) is 11.1 Å². The number of carbonyl (C=O) groups is 2. The van der Waals surface area contributed by atoms with E-state index in [2.05, 4.69) is 5.32 Å². The quantitative estimate of drug-likeness (QED) is 0.462. The number of benzene rings is 3. The number of nitrogens with zero attached hydrogens (tertiary/aromatic N) is 1. The lowest BCUT2D eigenvalue weighted by atomic mass is 9.96. The smallest absolute Gasteiger partial charge is 0.356 e. The lowest BCUT2D eigenvalue weighted by Crippen LogP contribution is -2.28. The Kier molecular flexibility index (Phi) is 6.04. The van der Waals surface area contributed by atoms with Crippen LogP contribution in [-0.4, -0.2) is 23.1 Å². The van der Waals surface area contributed by atoms with Crippen LogP contribution in [0.5, 0.6) is 0 Å². The van der Waals surface area contributed by atoms with Gasteiger partial charge in [-0.2, -0.15) is 0 Å². The summed E-state index contributed by atoms with van der Waals surface area (Å²) >= 11 is 0. The molecule has 0 saturated carbocycles. The predicted molar refractivity (Wildman–Crippen MR) is 125 cm³/mol. The molecule has 4 aromatic rings. The zero-order valence-electron chi connectivity index (χ0n) is 18.1. The highest BCUT2D eigenvalue weighted by Crippen LogP contribution is 2.31. The number of carbonyl (C=O) groups excluding carboxylic acids is 2. The third-order valence-electron chi connectivity index (χ3n) is 5.30. The second kappa shape index (κ2) is 9.08. The van der Waals surface area contributed by atoms with Crippen LogP contribution < -0.4 is 10.9 Å². The first-order valence-electron chi connectivity index (χ1n) is 10.3. The average molecular weight is 444 g/mol. The lowest BCUT2D eigenvalue weighted by molar-refractivity contribution is -0.119. The van der Waals surface area contributed by atoms with Gasteiger partial charge in [-0.15, -0.1) is 0 Å². The summed E-state index contributed by atoms with van der Waals surface area (Å²) in [4.78, 5) is 38.3. The van der Waals surface area contributed by atoms with Crippen molar-refractivity contribution in [3.8, 4) is 11.1 Å². The fourth-order valence-corrected chi connectivity index (χ4v) is 3.65. The van der Waals surface area contributed by atoms with Crippen molar-refractivity contribution >= 4 is 28.3 Å². The van der Waals surface area contributed by atoms with E-state index in [9.17, 15) is 18.8 Å². The molecule has 0 fully saturated rings. The maximum atomic E-state index is 13.1. The largest absolute Gasteiger partial charge is 0.451 e. The molecule has 3 aromatic carbocycles. The number of hydrogen-bond acceptors (Lipinski definition) is 4. The normalized spacial score (nSPS) is 10.8. The van der Waals surface area contributed by atoms with Gasteiger partial charge in [0, 0.05) is 23.7 Å². The molecule has 0 saturated heterocycles. The van der Waals surface area contributed by atoms with Gasteiger partial charge in [0.1, 0.15) is 11.5 Å². The van der Waals surface area contributed by atoms with Gasteiger partial charge in [0.15, 0.2) is 6.61 Å². The fourth-order valence-electron chi connectivity index (χ4n) is 3.65. The number of pyridine rings is 1. The van der Waals surface area contributed by atoms with E-state index in [-0.39, 0.29) is 11.3 Å². The Bertz CT molecular complexity index is 1410. The molecule has 0 atom stereocenters. The Labute approximate surface area is 189 Å². The van der Waals surface area contributed by atoms with Crippen molar-refractivity contribution in [2.45, 2.75) is 6.92 Å². The molecular weight excluding hydrogens is 423 g/mol. The van der Waals surface area contributed by atoms with Crippen molar-refractivity contribution in [3.05, 3.63) is 100 Å². The number of amides is 1. The van der Waals surface area contributed by atoms with Crippen LogP contribution in [0.15, 0.2) is 77.6 Å². The van der Waals surface area contributed by atoms with Gasteiger partial charge in [0.05, 0.1) is 0 Å². The average Bonchev–Trinajstić information content (AvgIpc) is 2.82. The van der Waals surface area contributed by atoms with Gasteiger partial charge in [-0.1, -0.05) is 48.0 Å². The number of aromatic nitrogens is 1. The summed E-state index contributed by atoms with van der Waals surface area (Å²) in [7, 11) is 1.50. The van der Waals surface area contributed by atoms with Crippen LogP contribution in [-0.2, 0) is 16.6 Å². The monoisotopic (exact) mass is 444 g/mol. The van der Waals surface area contributed by atoms with Gasteiger partial charge in [-0.05, 0) is 48.2 Å². The Morgan fingerprint density at radius 1 is 0.939 bits per heavy atom. The third kappa shape index (κ3) is 4.52. The van der Waals surface area contributed by atoms with Crippen LogP contribution in [0.25, 0.3) is 21.9 Å². The second-order valence-electron chi connectivity index (χ2n) is 7.63. The maximum absolute atomic E-state index is 13.1. The van der Waals surface area contributed by atoms with E-state index >= 15 is 0 Å². The highest BCUT2D eigenvalue weighted by atomic mass is 19.1. The van der Waals surface area contributed by atoms with Crippen LogP contribution in [0.2, 0.25) is 0 Å². The molecular formula is C26H21FN2O4. The fraction of sp³-hybridized carbons (Fsp3) is 0.115. The van der Waals surface area contributed by atoms with Crippen molar-refractivity contribution in [2.75, 3.05) is 11.9 Å². The van der Waals surface area contributed by atoms with Gasteiger partial charge in [-0.25, -0.2) is 9.18 Å². The molecule has 1 amide bonds. The van der Waals surface area contributed by atoms with Crippen molar-refractivity contribution < 1.29 is 18.7 Å². The summed E-state index contributed by atoms with van der Waals surface area (Å²) in [5, 5.41) is 3.62. The Hall–Kier alpha value is -4.26. The van der Waals surface area contributed by atoms with Gasteiger partial charge in [0.2, 0.25) is 0 Å². The molecule has 0 aliphatic rings. The Balaban J connectivity index is 1.69. The maximum Gasteiger partial charge on any atom is 0.356 e. The van der Waals surface area contributed by atoms with E-state index in [1.807, 2.05) is 31.2 Å². The summed E-state index contributed by atoms with van der Waals surface area (Å²) in [5.41, 5.74) is 2.43. The van der Waals surface area contributed by atoms with Gasteiger partial charge >= 0.3 is 5.97 Å². The molecule has 1 aromatic heterocycles. The zero-order chi connectivity index (χ0) is 23.5. The number of esters is 1. The molecule has 4 rings (SSSR count). The first-order valence-corrected chi connectivity index (χ1v) is 10.3. The number of rotatable bonds is 5. The molecule has 1 heterocycles. The van der Waals surface area contributed by atoms with Crippen LogP contribution >= 0.6 is 0 Å². The molecule has 6 nitrogen and oxygen atoms in total. The summed E-state index contributed by atoms with van der Waals surface area (Å²) < 4.78 is 19.6. The number of hydrogen-bond donors (Lipinski definition) is 1. The standard InChI is InChI=1S/C26H21FN2O4/c1-16-7-9-17(10-8-16)23-20-5-3-4-6-21(20)25(31)29(2)24(23)26(32)33-15-22(30)28-19-13-11-18(27)12-14-19/h3-14H,15H2,1-2H3,(H,28,30). The van der Waals surface area contributed by atoms with Crippen molar-refractivity contribution in [3.63, 3.8) is 0 Å². The Morgan fingerprint density at radius 2 is 1.58 bits per heavy atom. The van der Waals surface area contributed by atoms with Gasteiger partial charge in [-0.3, -0.25) is 9.59 Å². The predicted octanol–water partition coefficient (Wildman–Crippen LogP) is 4.45. The topological polar surface area (TPSA) is 77.4 Å². The molecule has 0 aliphatic heterocycles. The molecule has 33 heavy (non-hydrogen) atoms. The molecule has 0 aliphatic carbocycles. The van der Waals surface area contributed by atoms with E-state index in [4.69, 9.17) is 4.74 Å². The molecule has 0 spiro atoms. The number of halogens is 1. The molecule has 7 heteroatoms. The first kappa shape index (κ1) is 22.0. The summed E-state index contributed by atoms with van der Waals surface area (Å²) in [5.74, 6) is -1.82. The molecule has 0 unspecified atom stereocenters. The van der Waals surface area contributed by atoms with Crippen LogP contribution in [0.4, 0.5) is 10.1 Å². The number of anilines is 1. The second-order valence-corrected chi connectivity index (χ2v) is 7.63. The number of fused-ring (bicyclic) bond motifs is 1. The van der Waals surface area contributed by atoms with Crippen LogP contribution in [0.1, 0.15) is 16.1 Å². The Morgan fingerprint density at radius 3 is 2.24 bits per heavy atom. The number of aryl methyl sites for hydroxylation is 1. The van der Waals surface area contributed by atoms with E-state index in [1.165, 1.54) is 35.9 Å². The van der Waals surface area contributed by atoms with E-state index < -0.39 is 24.3 Å². The third-order valence-corrected chi connectivity index (χ3v) is 5.30. The van der Waals surface area contributed by atoms with Gasteiger partial charge < -0.3 is 14.6 Å². The summed E-state index contributed by atoms with van der Waals surface area (Å²) in [6, 6.07) is 19.9. The summed E-state index contributed by atoms with van der Waals surface area (Å²) in [6.07, 6.45) is 0. The highest BCUT2D eigenvalue weighted by Gasteiger charge is 2.23. The van der Waals surface area contributed by atoms with E-state index in [1.54, 1.807) is 24.3 Å². The molecule has 0 radical (unpaired) electrons. The molecule has 1 N–H and O–H groups in total. The number of nitrogens with one attached hydrogen (secondary N) is 1. The highest BCUT2D eigenvalue weighted by molar-refractivity contribution is 6.07. The lowest BCUT2D eigenvalue weighted by Gasteiger charge is -2.17. The summed E-state index contributed by atoms with van der Waals surface area (Å²) in [6.45, 7) is 1.39. The zero-order valence-corrected chi connectivity index (χ0v) is 18.1. The number of ether oxygens (including phenoxy) is 1.